The van der Waals surface area contributed by atoms with Gasteiger partial charge in [-0.1, -0.05) is 25.5 Å². The van der Waals surface area contributed by atoms with Crippen LogP contribution < -0.4 is 14.8 Å². The number of rotatable bonds is 10. The first-order chi connectivity index (χ1) is 10.1. The van der Waals surface area contributed by atoms with Gasteiger partial charge in [-0.05, 0) is 24.9 Å². The highest BCUT2D eigenvalue weighted by Crippen LogP contribution is 2.32. The summed E-state index contributed by atoms with van der Waals surface area (Å²) in [5.41, 5.74) is 0.619. The summed E-state index contributed by atoms with van der Waals surface area (Å²) in [6, 6.07) is 5.04. The maximum atomic E-state index is 12.5. The summed E-state index contributed by atoms with van der Waals surface area (Å²) in [6.45, 7) is 0.430. The molecule has 6 heteroatoms. The van der Waals surface area contributed by atoms with Crippen molar-refractivity contribution in [2.75, 3.05) is 20.3 Å². The number of hydrogen-bond acceptors (Lipinski definition) is 4. The molecule has 1 rings (SSSR count). The van der Waals surface area contributed by atoms with Gasteiger partial charge in [0.05, 0.1) is 7.11 Å². The highest BCUT2D eigenvalue weighted by atomic mass is 19.3. The predicted molar refractivity (Wildman–Crippen MR) is 76.8 cm³/mol. The molecule has 0 bridgehead atoms. The minimum Gasteiger partial charge on any atom is -0.493 e. The van der Waals surface area contributed by atoms with Crippen molar-refractivity contribution in [1.82, 2.24) is 5.32 Å². The van der Waals surface area contributed by atoms with Crippen LogP contribution in [0.4, 0.5) is 8.78 Å². The Morgan fingerprint density at radius 1 is 1.33 bits per heavy atom. The zero-order chi connectivity index (χ0) is 15.7. The van der Waals surface area contributed by atoms with Gasteiger partial charge in [-0.2, -0.15) is 8.78 Å². The highest BCUT2D eigenvalue weighted by molar-refractivity contribution is 5.46. The highest BCUT2D eigenvalue weighted by Gasteiger charge is 2.15. The van der Waals surface area contributed by atoms with Gasteiger partial charge in [-0.25, -0.2) is 0 Å². The van der Waals surface area contributed by atoms with Gasteiger partial charge in [-0.3, -0.25) is 0 Å². The van der Waals surface area contributed by atoms with Crippen LogP contribution in [-0.2, 0) is 6.54 Å². The molecule has 0 spiro atoms. The van der Waals surface area contributed by atoms with Gasteiger partial charge in [-0.15, -0.1) is 0 Å². The van der Waals surface area contributed by atoms with Crippen molar-refractivity contribution in [2.45, 2.75) is 32.9 Å². The van der Waals surface area contributed by atoms with E-state index < -0.39 is 6.61 Å². The van der Waals surface area contributed by atoms with Gasteiger partial charge in [0.1, 0.15) is 0 Å². The van der Waals surface area contributed by atoms with Crippen LogP contribution in [0.15, 0.2) is 18.2 Å². The molecule has 120 valence electrons. The normalized spacial score (nSPS) is 12.5. The molecule has 0 heterocycles. The average molecular weight is 303 g/mol. The van der Waals surface area contributed by atoms with E-state index in [0.29, 0.717) is 24.6 Å². The molecular weight excluding hydrogens is 280 g/mol. The summed E-state index contributed by atoms with van der Waals surface area (Å²) >= 11 is 0. The van der Waals surface area contributed by atoms with Crippen LogP contribution in [-0.4, -0.2) is 32.0 Å². The van der Waals surface area contributed by atoms with E-state index in [1.807, 2.05) is 0 Å². The van der Waals surface area contributed by atoms with Crippen molar-refractivity contribution < 1.29 is 23.4 Å². The number of benzene rings is 1. The predicted octanol–water partition coefficient (Wildman–Crippen LogP) is 2.79. The minimum atomic E-state index is -2.89. The lowest BCUT2D eigenvalue weighted by atomic mass is 10.0. The smallest absolute Gasteiger partial charge is 0.387 e. The van der Waals surface area contributed by atoms with Crippen LogP contribution in [0.5, 0.6) is 11.5 Å². The first kappa shape index (κ1) is 17.7. The molecule has 0 fully saturated rings. The number of para-hydroxylation sites is 1. The fourth-order valence-electron chi connectivity index (χ4n) is 2.13. The summed E-state index contributed by atoms with van der Waals surface area (Å²) in [4.78, 5) is 0. The third-order valence-corrected chi connectivity index (χ3v) is 3.35. The molecule has 0 aliphatic rings. The second kappa shape index (κ2) is 9.52. The van der Waals surface area contributed by atoms with E-state index in [-0.39, 0.29) is 18.1 Å². The van der Waals surface area contributed by atoms with Crippen molar-refractivity contribution >= 4 is 0 Å². The number of aliphatic hydroxyl groups is 1. The van der Waals surface area contributed by atoms with Crippen LogP contribution in [0.3, 0.4) is 0 Å². The molecule has 1 aromatic rings. The maximum Gasteiger partial charge on any atom is 0.387 e. The number of aliphatic hydroxyl groups excluding tert-OH is 1. The lowest BCUT2D eigenvalue weighted by Crippen LogP contribution is -2.23. The minimum absolute atomic E-state index is 0.0673. The first-order valence-electron chi connectivity index (χ1n) is 7.04. The third kappa shape index (κ3) is 5.85. The lowest BCUT2D eigenvalue weighted by Gasteiger charge is -2.17. The van der Waals surface area contributed by atoms with Gasteiger partial charge >= 0.3 is 6.61 Å². The lowest BCUT2D eigenvalue weighted by molar-refractivity contribution is -0.0518. The average Bonchev–Trinajstić information content (AvgIpc) is 2.47. The second-order valence-corrected chi connectivity index (χ2v) is 4.74. The standard InChI is InChI=1S/C15H23F2NO3/c1-3-11(7-8-19)9-18-10-12-5-4-6-13(20-2)14(12)21-15(16)17/h4-6,11,15,18-19H,3,7-10H2,1-2H3. The van der Waals surface area contributed by atoms with E-state index in [0.717, 1.165) is 12.8 Å². The molecule has 1 aromatic carbocycles. The van der Waals surface area contributed by atoms with Gasteiger partial charge in [0.2, 0.25) is 0 Å². The van der Waals surface area contributed by atoms with E-state index >= 15 is 0 Å². The number of hydrogen-bond donors (Lipinski definition) is 2. The largest absolute Gasteiger partial charge is 0.493 e. The van der Waals surface area contributed by atoms with Crippen molar-refractivity contribution in [3.8, 4) is 11.5 Å². The molecule has 0 saturated heterocycles. The molecule has 0 amide bonds. The van der Waals surface area contributed by atoms with Crippen molar-refractivity contribution in [3.05, 3.63) is 23.8 Å². The Morgan fingerprint density at radius 3 is 2.67 bits per heavy atom. The summed E-state index contributed by atoms with van der Waals surface area (Å²) in [7, 11) is 1.42. The van der Waals surface area contributed by atoms with Gasteiger partial charge in [0.15, 0.2) is 11.5 Å². The Labute approximate surface area is 124 Å². The maximum absolute atomic E-state index is 12.5. The SMILES string of the molecule is CCC(CCO)CNCc1cccc(OC)c1OC(F)F. The molecule has 0 radical (unpaired) electrons. The molecule has 1 atom stereocenters. The molecule has 0 saturated carbocycles. The zero-order valence-electron chi connectivity index (χ0n) is 12.4. The topological polar surface area (TPSA) is 50.7 Å². The van der Waals surface area contributed by atoms with Crippen LogP contribution >= 0.6 is 0 Å². The van der Waals surface area contributed by atoms with Crippen molar-refractivity contribution in [1.29, 1.82) is 0 Å². The van der Waals surface area contributed by atoms with Gasteiger partial charge in [0.25, 0.3) is 0 Å². The Hall–Kier alpha value is -1.40. The second-order valence-electron chi connectivity index (χ2n) is 4.74. The number of nitrogens with one attached hydrogen (secondary N) is 1. The quantitative estimate of drug-likeness (QED) is 0.698. The van der Waals surface area contributed by atoms with E-state index in [9.17, 15) is 8.78 Å². The molecule has 2 N–H and O–H groups in total. The van der Waals surface area contributed by atoms with Crippen LogP contribution in [0.25, 0.3) is 0 Å². The zero-order valence-corrected chi connectivity index (χ0v) is 12.4. The van der Waals surface area contributed by atoms with Crippen molar-refractivity contribution in [2.24, 2.45) is 5.92 Å². The Morgan fingerprint density at radius 2 is 2.10 bits per heavy atom. The third-order valence-electron chi connectivity index (χ3n) is 3.35. The molecule has 0 aromatic heterocycles. The van der Waals surface area contributed by atoms with Crippen molar-refractivity contribution in [3.63, 3.8) is 0 Å². The summed E-state index contributed by atoms with van der Waals surface area (Å²) in [5.74, 6) is 0.717. The van der Waals surface area contributed by atoms with E-state index in [1.54, 1.807) is 18.2 Å². The first-order valence-corrected chi connectivity index (χ1v) is 7.04. The fraction of sp³-hybridized carbons (Fsp3) is 0.600. The van der Waals surface area contributed by atoms with Gasteiger partial charge in [0, 0.05) is 18.7 Å². The number of methoxy groups -OCH3 is 1. The molecule has 21 heavy (non-hydrogen) atoms. The fourth-order valence-corrected chi connectivity index (χ4v) is 2.13. The number of halogens is 2. The molecule has 4 nitrogen and oxygen atoms in total. The summed E-state index contributed by atoms with van der Waals surface area (Å²) in [5, 5.41) is 12.2. The molecular formula is C15H23F2NO3. The summed E-state index contributed by atoms with van der Waals surface area (Å²) < 4.78 is 34.6. The van der Waals surface area contributed by atoms with Gasteiger partial charge < -0.3 is 19.9 Å². The Balaban J connectivity index is 2.69. The molecule has 1 unspecified atom stereocenters. The monoisotopic (exact) mass is 303 g/mol. The van der Waals surface area contributed by atoms with Crippen LogP contribution in [0.1, 0.15) is 25.3 Å². The number of alkyl halides is 2. The van der Waals surface area contributed by atoms with E-state index in [2.05, 4.69) is 17.0 Å². The van der Waals surface area contributed by atoms with E-state index in [1.165, 1.54) is 7.11 Å². The van der Waals surface area contributed by atoms with Crippen LogP contribution in [0, 0.1) is 5.92 Å². The Kier molecular flexibility index (Phi) is 8.00. The summed E-state index contributed by atoms with van der Waals surface area (Å²) in [6.07, 6.45) is 1.67. The number of ether oxygens (including phenoxy) is 2. The Bertz CT molecular complexity index is 416. The van der Waals surface area contributed by atoms with E-state index in [4.69, 9.17) is 9.84 Å². The molecule has 0 aliphatic carbocycles. The van der Waals surface area contributed by atoms with Crippen LogP contribution in [0.2, 0.25) is 0 Å². The molecule has 0 aliphatic heterocycles.